The van der Waals surface area contributed by atoms with Crippen molar-refractivity contribution < 1.29 is 37.5 Å². The molecule has 2 rings (SSSR count). The summed E-state index contributed by atoms with van der Waals surface area (Å²) in [5, 5.41) is 25.8. The number of hydrogen-bond donors (Lipinski definition) is 3. The third kappa shape index (κ3) is 7.10. The van der Waals surface area contributed by atoms with E-state index in [2.05, 4.69) is 10.6 Å². The molecule has 13 heteroatoms. The van der Waals surface area contributed by atoms with E-state index in [-0.39, 0.29) is 17.3 Å². The van der Waals surface area contributed by atoms with Gasteiger partial charge in [0.2, 0.25) is 17.6 Å². The number of amides is 2. The van der Waals surface area contributed by atoms with Crippen LogP contribution in [0.3, 0.4) is 0 Å². The van der Waals surface area contributed by atoms with Gasteiger partial charge in [-0.15, -0.1) is 11.6 Å². The van der Waals surface area contributed by atoms with Crippen LogP contribution in [0.1, 0.15) is 18.9 Å². The molecule has 32 heavy (non-hydrogen) atoms. The van der Waals surface area contributed by atoms with Crippen molar-refractivity contribution >= 4 is 40.5 Å². The first-order valence-electron chi connectivity index (χ1n) is 8.83. The normalized spacial score (nSPS) is 13.1. The van der Waals surface area contributed by atoms with Crippen molar-refractivity contribution in [1.82, 2.24) is 0 Å². The number of aliphatic hydroxyl groups is 1. The molecule has 1 atom stereocenters. The number of ether oxygens (including phenoxy) is 1. The number of anilines is 2. The van der Waals surface area contributed by atoms with E-state index in [1.165, 1.54) is 24.3 Å². The van der Waals surface area contributed by atoms with Gasteiger partial charge in [-0.05, 0) is 36.4 Å². The third-order valence-electron chi connectivity index (χ3n) is 3.87. The Kier molecular flexibility index (Phi) is 7.65. The number of hydrogen-bond acceptors (Lipinski definition) is 6. The molecule has 0 bridgehead atoms. The van der Waals surface area contributed by atoms with Gasteiger partial charge in [-0.1, -0.05) is 0 Å². The zero-order valence-electron chi connectivity index (χ0n) is 16.4. The minimum Gasteiger partial charge on any atom is -0.462 e. The number of alkyl halides is 4. The molecule has 2 amide bonds. The molecule has 0 spiro atoms. The fourth-order valence-electron chi connectivity index (χ4n) is 2.59. The first kappa shape index (κ1) is 24.9. The van der Waals surface area contributed by atoms with Crippen molar-refractivity contribution in [2.75, 3.05) is 16.5 Å². The number of halogens is 4. The largest absolute Gasteiger partial charge is 0.462 e. The van der Waals surface area contributed by atoms with Crippen LogP contribution < -0.4 is 15.4 Å². The van der Waals surface area contributed by atoms with Crippen molar-refractivity contribution in [2.45, 2.75) is 25.3 Å². The molecule has 0 aliphatic heterocycles. The number of carbonyl (C=O) groups is 2. The highest BCUT2D eigenvalue weighted by Gasteiger charge is 2.38. The van der Waals surface area contributed by atoms with Gasteiger partial charge < -0.3 is 20.5 Å². The average Bonchev–Trinajstić information content (AvgIpc) is 2.67. The molecule has 0 aliphatic carbocycles. The van der Waals surface area contributed by atoms with Crippen molar-refractivity contribution in [3.8, 4) is 5.75 Å². The Hall–Kier alpha value is -3.38. The van der Waals surface area contributed by atoms with Gasteiger partial charge >= 0.3 is 6.18 Å². The summed E-state index contributed by atoms with van der Waals surface area (Å²) in [4.78, 5) is 33.0. The van der Waals surface area contributed by atoms with Gasteiger partial charge in [0.25, 0.3) is 5.69 Å². The SMILES string of the molecule is C[C@](O)(CC(=O)Nc1ccc([N+](=O)[O-])c(C(F)(F)F)c1)Oc1ccc(NC(=O)CCl)cc1. The summed E-state index contributed by atoms with van der Waals surface area (Å²) in [7, 11) is 0. The first-order valence-corrected chi connectivity index (χ1v) is 9.37. The van der Waals surface area contributed by atoms with Crippen LogP contribution in [-0.2, 0) is 15.8 Å². The Balaban J connectivity index is 2.05. The predicted molar refractivity (Wildman–Crippen MR) is 108 cm³/mol. The van der Waals surface area contributed by atoms with Crippen molar-refractivity contribution in [1.29, 1.82) is 0 Å². The Morgan fingerprint density at radius 1 is 1.09 bits per heavy atom. The van der Waals surface area contributed by atoms with Crippen LogP contribution in [0.2, 0.25) is 0 Å². The average molecular weight is 476 g/mol. The van der Waals surface area contributed by atoms with Crippen molar-refractivity contribution in [2.24, 2.45) is 0 Å². The summed E-state index contributed by atoms with van der Waals surface area (Å²) in [6, 6.07) is 7.73. The standard InChI is InChI=1S/C19H17ClF3N3O6/c1-18(29,32-13-5-2-11(3-6-13)24-17(28)10-20)9-16(27)25-12-4-7-15(26(30)31)14(8-12)19(21,22)23/h2-8,29H,9-10H2,1H3,(H,24,28)(H,25,27)/t18-/m1/s1. The monoisotopic (exact) mass is 475 g/mol. The number of nitro benzene ring substituents is 1. The highest BCUT2D eigenvalue weighted by atomic mass is 35.5. The zero-order valence-corrected chi connectivity index (χ0v) is 17.2. The second kappa shape index (κ2) is 9.83. The lowest BCUT2D eigenvalue weighted by molar-refractivity contribution is -0.388. The van der Waals surface area contributed by atoms with Crippen molar-refractivity contribution in [3.05, 3.63) is 58.1 Å². The maximum atomic E-state index is 13.1. The smallest absolute Gasteiger partial charge is 0.423 e. The van der Waals surface area contributed by atoms with Crippen molar-refractivity contribution in [3.63, 3.8) is 0 Å². The molecule has 0 aromatic heterocycles. The van der Waals surface area contributed by atoms with Crippen LogP contribution in [0.15, 0.2) is 42.5 Å². The highest BCUT2D eigenvalue weighted by molar-refractivity contribution is 6.29. The van der Waals surface area contributed by atoms with E-state index in [0.717, 1.165) is 13.0 Å². The summed E-state index contributed by atoms with van der Waals surface area (Å²) >= 11 is 5.39. The van der Waals surface area contributed by atoms with Gasteiger partial charge in [0.15, 0.2) is 0 Å². The van der Waals surface area contributed by atoms with Crippen LogP contribution in [0.5, 0.6) is 5.75 Å². The zero-order chi connectivity index (χ0) is 24.1. The van der Waals surface area contributed by atoms with Crippen LogP contribution in [0, 0.1) is 10.1 Å². The fourth-order valence-corrected chi connectivity index (χ4v) is 2.66. The van der Waals surface area contributed by atoms with Crippen LogP contribution in [0.25, 0.3) is 0 Å². The lowest BCUT2D eigenvalue weighted by atomic mass is 10.1. The molecule has 0 aliphatic rings. The van der Waals surface area contributed by atoms with E-state index in [1.54, 1.807) is 0 Å². The Labute approximate surface area is 184 Å². The second-order valence-electron chi connectivity index (χ2n) is 6.70. The van der Waals surface area contributed by atoms with Crippen LogP contribution in [-0.4, -0.2) is 33.5 Å². The van der Waals surface area contributed by atoms with E-state index in [1.807, 2.05) is 0 Å². The predicted octanol–water partition coefficient (Wildman–Crippen LogP) is 3.91. The molecule has 0 fully saturated rings. The first-order chi connectivity index (χ1) is 14.8. The number of carbonyl (C=O) groups excluding carboxylic acids is 2. The van der Waals surface area contributed by atoms with Gasteiger partial charge in [-0.2, -0.15) is 13.2 Å². The molecule has 0 radical (unpaired) electrons. The number of nitro groups is 1. The van der Waals surface area contributed by atoms with Crippen LogP contribution >= 0.6 is 11.6 Å². The van der Waals surface area contributed by atoms with E-state index in [4.69, 9.17) is 16.3 Å². The maximum absolute atomic E-state index is 13.1. The van der Waals surface area contributed by atoms with E-state index in [0.29, 0.717) is 17.8 Å². The Morgan fingerprint density at radius 3 is 2.19 bits per heavy atom. The van der Waals surface area contributed by atoms with Gasteiger partial charge in [0.05, 0.1) is 11.3 Å². The molecule has 2 aromatic rings. The number of benzene rings is 2. The molecule has 2 aromatic carbocycles. The highest BCUT2D eigenvalue weighted by Crippen LogP contribution is 2.37. The van der Waals surface area contributed by atoms with Gasteiger partial charge in [-0.3, -0.25) is 19.7 Å². The molecular weight excluding hydrogens is 459 g/mol. The summed E-state index contributed by atoms with van der Waals surface area (Å²) in [5.41, 5.74) is -2.61. The fraction of sp³-hybridized carbons (Fsp3) is 0.263. The summed E-state index contributed by atoms with van der Waals surface area (Å²) in [6.45, 7) is 1.16. The second-order valence-corrected chi connectivity index (χ2v) is 6.96. The topological polar surface area (TPSA) is 131 Å². The van der Waals surface area contributed by atoms with E-state index in [9.17, 15) is 38.0 Å². The molecule has 0 saturated carbocycles. The summed E-state index contributed by atoms with van der Waals surface area (Å²) in [5.74, 6) is -3.46. The molecule has 172 valence electrons. The quantitative estimate of drug-likeness (QED) is 0.230. The number of rotatable bonds is 8. The molecule has 9 nitrogen and oxygen atoms in total. The lowest BCUT2D eigenvalue weighted by Crippen LogP contribution is -2.36. The molecule has 3 N–H and O–H groups in total. The van der Waals surface area contributed by atoms with Gasteiger partial charge in [0.1, 0.15) is 17.2 Å². The molecule has 0 heterocycles. The minimum atomic E-state index is -5.01. The third-order valence-corrected chi connectivity index (χ3v) is 4.11. The minimum absolute atomic E-state index is 0.140. The van der Waals surface area contributed by atoms with Gasteiger partial charge in [0, 0.05) is 24.4 Å². The van der Waals surface area contributed by atoms with E-state index >= 15 is 0 Å². The molecular formula is C19H17ClF3N3O6. The van der Waals surface area contributed by atoms with Crippen LogP contribution in [0.4, 0.5) is 30.2 Å². The Morgan fingerprint density at radius 2 is 1.66 bits per heavy atom. The number of nitrogens with zero attached hydrogens (tertiary/aromatic N) is 1. The molecule has 0 unspecified atom stereocenters. The molecule has 0 saturated heterocycles. The van der Waals surface area contributed by atoms with Gasteiger partial charge in [-0.25, -0.2) is 0 Å². The van der Waals surface area contributed by atoms with E-state index < -0.39 is 46.4 Å². The number of nitrogens with one attached hydrogen (secondary N) is 2. The summed E-state index contributed by atoms with van der Waals surface area (Å²) in [6.07, 6.45) is -5.68. The lowest BCUT2D eigenvalue weighted by Gasteiger charge is -2.24. The Bertz CT molecular complexity index is 1010. The summed E-state index contributed by atoms with van der Waals surface area (Å²) < 4.78 is 44.5. The maximum Gasteiger partial charge on any atom is 0.423 e.